The molecule has 0 aromatic heterocycles. The molecule has 1 fully saturated rings. The fraction of sp³-hybridized carbons (Fsp3) is 0.818. The molecule has 2 N–H and O–H groups in total. The van der Waals surface area contributed by atoms with Crippen LogP contribution in [0.5, 0.6) is 0 Å². The van der Waals surface area contributed by atoms with Gasteiger partial charge in [-0.15, -0.1) is 0 Å². The van der Waals surface area contributed by atoms with Crippen LogP contribution in [0.1, 0.15) is 13.3 Å². The van der Waals surface area contributed by atoms with Crippen LogP contribution in [-0.4, -0.2) is 68.1 Å². The van der Waals surface area contributed by atoms with Crippen molar-refractivity contribution >= 4 is 11.9 Å². The second-order valence-electron chi connectivity index (χ2n) is 4.58. The summed E-state index contributed by atoms with van der Waals surface area (Å²) in [4.78, 5) is 26.6. The van der Waals surface area contributed by atoms with E-state index in [4.69, 9.17) is 0 Å². The van der Waals surface area contributed by atoms with E-state index in [0.717, 1.165) is 26.2 Å². The molecule has 1 atom stereocenters. The molecular formula is C11H22N4O2. The molecule has 6 nitrogen and oxygen atoms in total. The minimum Gasteiger partial charge on any atom is -0.340 e. The first kappa shape index (κ1) is 13.8. The van der Waals surface area contributed by atoms with Crippen LogP contribution in [0.2, 0.25) is 0 Å². The molecule has 98 valence electrons. The summed E-state index contributed by atoms with van der Waals surface area (Å²) in [6.45, 7) is 5.07. The lowest BCUT2D eigenvalue weighted by Crippen LogP contribution is -2.48. The maximum atomic E-state index is 11.9. The Bertz CT molecular complexity index is 275. The number of hydrogen-bond acceptors (Lipinski definition) is 3. The molecule has 1 aliphatic rings. The minimum absolute atomic E-state index is 0.109. The molecule has 3 amide bonds. The van der Waals surface area contributed by atoms with Gasteiger partial charge in [0.15, 0.2) is 0 Å². The highest BCUT2D eigenvalue weighted by Gasteiger charge is 2.19. The van der Waals surface area contributed by atoms with Crippen LogP contribution in [0.15, 0.2) is 0 Å². The Hall–Kier alpha value is -1.30. The number of piperazine rings is 1. The third-order valence-corrected chi connectivity index (χ3v) is 2.73. The van der Waals surface area contributed by atoms with Gasteiger partial charge in [-0.3, -0.25) is 4.79 Å². The molecular weight excluding hydrogens is 220 g/mol. The fourth-order valence-electron chi connectivity index (χ4n) is 1.70. The van der Waals surface area contributed by atoms with E-state index in [1.54, 1.807) is 14.1 Å². The van der Waals surface area contributed by atoms with Gasteiger partial charge in [-0.1, -0.05) is 0 Å². The van der Waals surface area contributed by atoms with Gasteiger partial charge in [0, 0.05) is 52.7 Å². The largest absolute Gasteiger partial charge is 0.340 e. The zero-order valence-corrected chi connectivity index (χ0v) is 10.8. The van der Waals surface area contributed by atoms with Crippen molar-refractivity contribution in [3.05, 3.63) is 0 Å². The normalized spacial score (nSPS) is 17.5. The number of urea groups is 1. The summed E-state index contributed by atoms with van der Waals surface area (Å²) in [7, 11) is 3.36. The van der Waals surface area contributed by atoms with E-state index in [-0.39, 0.29) is 18.0 Å². The standard InChI is InChI=1S/C11H22N4O2/c1-9(13-11(17)14(2)3)8-10(16)15-6-4-12-5-7-15/h9,12H,4-8H2,1-3H3,(H,13,17). The summed E-state index contributed by atoms with van der Waals surface area (Å²) in [6, 6.07) is -0.294. The number of hydrogen-bond donors (Lipinski definition) is 2. The second kappa shape index (κ2) is 6.44. The Balaban J connectivity index is 2.32. The first-order valence-electron chi connectivity index (χ1n) is 5.97. The van der Waals surface area contributed by atoms with Gasteiger partial charge >= 0.3 is 6.03 Å². The highest BCUT2D eigenvalue weighted by molar-refractivity contribution is 5.79. The van der Waals surface area contributed by atoms with E-state index < -0.39 is 0 Å². The molecule has 0 aromatic carbocycles. The fourth-order valence-corrected chi connectivity index (χ4v) is 1.70. The number of rotatable bonds is 3. The van der Waals surface area contributed by atoms with E-state index in [9.17, 15) is 9.59 Å². The topological polar surface area (TPSA) is 64.7 Å². The van der Waals surface area contributed by atoms with E-state index >= 15 is 0 Å². The second-order valence-corrected chi connectivity index (χ2v) is 4.58. The number of nitrogens with one attached hydrogen (secondary N) is 2. The van der Waals surface area contributed by atoms with Crippen LogP contribution < -0.4 is 10.6 Å². The molecule has 17 heavy (non-hydrogen) atoms. The van der Waals surface area contributed by atoms with Crippen molar-refractivity contribution in [2.24, 2.45) is 0 Å². The van der Waals surface area contributed by atoms with Crippen molar-refractivity contribution in [3.63, 3.8) is 0 Å². The summed E-state index contributed by atoms with van der Waals surface area (Å²) in [5, 5.41) is 5.97. The van der Waals surface area contributed by atoms with Gasteiger partial charge in [0.05, 0.1) is 0 Å². The third-order valence-electron chi connectivity index (χ3n) is 2.73. The first-order valence-corrected chi connectivity index (χ1v) is 5.97. The molecule has 1 rings (SSSR count). The van der Waals surface area contributed by atoms with Gasteiger partial charge in [0.25, 0.3) is 0 Å². The molecule has 1 saturated heterocycles. The Labute approximate surface area is 102 Å². The van der Waals surface area contributed by atoms with E-state index in [1.807, 2.05) is 11.8 Å². The number of nitrogens with zero attached hydrogens (tertiary/aromatic N) is 2. The molecule has 0 saturated carbocycles. The summed E-state index contributed by atoms with van der Waals surface area (Å²) in [5.41, 5.74) is 0. The molecule has 1 aliphatic heterocycles. The summed E-state index contributed by atoms with van der Waals surface area (Å²) >= 11 is 0. The number of carbonyl (C=O) groups excluding carboxylic acids is 2. The lowest BCUT2D eigenvalue weighted by molar-refractivity contribution is -0.132. The molecule has 0 radical (unpaired) electrons. The van der Waals surface area contributed by atoms with Gasteiger partial charge in [0.1, 0.15) is 0 Å². The van der Waals surface area contributed by atoms with Crippen molar-refractivity contribution in [2.45, 2.75) is 19.4 Å². The maximum absolute atomic E-state index is 11.9. The molecule has 0 bridgehead atoms. The maximum Gasteiger partial charge on any atom is 0.317 e. The van der Waals surface area contributed by atoms with E-state index in [0.29, 0.717) is 6.42 Å². The zero-order chi connectivity index (χ0) is 12.8. The van der Waals surface area contributed by atoms with Crippen LogP contribution in [0.25, 0.3) is 0 Å². The molecule has 1 unspecified atom stereocenters. The van der Waals surface area contributed by atoms with Crippen LogP contribution in [0.3, 0.4) is 0 Å². The summed E-state index contributed by atoms with van der Waals surface area (Å²) in [5.74, 6) is 0.109. The first-order chi connectivity index (χ1) is 8.00. The summed E-state index contributed by atoms with van der Waals surface area (Å²) < 4.78 is 0. The lowest BCUT2D eigenvalue weighted by atomic mass is 10.2. The van der Waals surface area contributed by atoms with Gasteiger partial charge < -0.3 is 20.4 Å². The molecule has 0 spiro atoms. The zero-order valence-electron chi connectivity index (χ0n) is 10.8. The smallest absolute Gasteiger partial charge is 0.317 e. The van der Waals surface area contributed by atoms with Crippen molar-refractivity contribution in [1.29, 1.82) is 0 Å². The lowest BCUT2D eigenvalue weighted by Gasteiger charge is -2.28. The van der Waals surface area contributed by atoms with Gasteiger partial charge in [-0.2, -0.15) is 0 Å². The molecule has 6 heteroatoms. The number of carbonyl (C=O) groups is 2. The highest BCUT2D eigenvalue weighted by atomic mass is 16.2. The van der Waals surface area contributed by atoms with Gasteiger partial charge in [-0.05, 0) is 6.92 Å². The molecule has 1 heterocycles. The van der Waals surface area contributed by atoms with Gasteiger partial charge in [-0.25, -0.2) is 4.79 Å². The number of amides is 3. The van der Waals surface area contributed by atoms with Crippen LogP contribution >= 0.6 is 0 Å². The Morgan fingerprint density at radius 2 is 1.94 bits per heavy atom. The van der Waals surface area contributed by atoms with Crippen molar-refractivity contribution in [1.82, 2.24) is 20.4 Å². The van der Waals surface area contributed by atoms with Crippen LogP contribution in [-0.2, 0) is 4.79 Å². The van der Waals surface area contributed by atoms with Crippen molar-refractivity contribution in [3.8, 4) is 0 Å². The monoisotopic (exact) mass is 242 g/mol. The molecule has 0 aromatic rings. The SMILES string of the molecule is CC(CC(=O)N1CCNCC1)NC(=O)N(C)C. The van der Waals surface area contributed by atoms with Crippen molar-refractivity contribution < 1.29 is 9.59 Å². The quantitative estimate of drug-likeness (QED) is 0.699. The predicted molar refractivity (Wildman–Crippen MR) is 65.7 cm³/mol. The Morgan fingerprint density at radius 3 is 2.47 bits per heavy atom. The van der Waals surface area contributed by atoms with E-state index in [1.165, 1.54) is 4.90 Å². The molecule has 0 aliphatic carbocycles. The van der Waals surface area contributed by atoms with Crippen LogP contribution in [0, 0.1) is 0 Å². The third kappa shape index (κ3) is 4.60. The van der Waals surface area contributed by atoms with E-state index in [2.05, 4.69) is 10.6 Å². The minimum atomic E-state index is -0.161. The van der Waals surface area contributed by atoms with Crippen LogP contribution in [0.4, 0.5) is 4.79 Å². The predicted octanol–water partition coefficient (Wildman–Crippen LogP) is -0.532. The van der Waals surface area contributed by atoms with Crippen molar-refractivity contribution in [2.75, 3.05) is 40.3 Å². The summed E-state index contributed by atoms with van der Waals surface area (Å²) in [6.07, 6.45) is 0.361. The Kier molecular flexibility index (Phi) is 5.21. The average molecular weight is 242 g/mol. The Morgan fingerprint density at radius 1 is 1.35 bits per heavy atom. The highest BCUT2D eigenvalue weighted by Crippen LogP contribution is 2.01. The average Bonchev–Trinajstić information content (AvgIpc) is 2.29. The van der Waals surface area contributed by atoms with Gasteiger partial charge in [0.2, 0.25) is 5.91 Å².